The van der Waals surface area contributed by atoms with Crippen LogP contribution in [0.5, 0.6) is 0 Å². The molecule has 150 valence electrons. The van der Waals surface area contributed by atoms with Crippen LogP contribution in [0.2, 0.25) is 0 Å². The molecule has 1 fully saturated rings. The van der Waals surface area contributed by atoms with Gasteiger partial charge in [-0.25, -0.2) is 4.79 Å². The zero-order chi connectivity index (χ0) is 20.1. The zero-order valence-corrected chi connectivity index (χ0v) is 16.1. The van der Waals surface area contributed by atoms with E-state index in [0.717, 1.165) is 30.6 Å². The van der Waals surface area contributed by atoms with Crippen molar-refractivity contribution in [2.45, 2.75) is 64.0 Å². The summed E-state index contributed by atoms with van der Waals surface area (Å²) in [5.74, 6) is -2.18. The van der Waals surface area contributed by atoms with Crippen molar-refractivity contribution in [3.8, 4) is 0 Å². The van der Waals surface area contributed by atoms with E-state index < -0.39 is 30.4 Å². The molecule has 0 bridgehead atoms. The number of rotatable bonds is 5. The number of benzene rings is 1. The summed E-state index contributed by atoms with van der Waals surface area (Å²) < 4.78 is 5.07. The molecule has 0 radical (unpaired) electrons. The fraction of sp³-hybridized carbons (Fsp3) is 0.524. The number of imide groups is 1. The highest BCUT2D eigenvalue weighted by atomic mass is 16.5. The van der Waals surface area contributed by atoms with Crippen LogP contribution in [0.25, 0.3) is 0 Å². The molecule has 0 saturated heterocycles. The van der Waals surface area contributed by atoms with Crippen LogP contribution in [-0.4, -0.2) is 47.3 Å². The molecule has 1 aliphatic carbocycles. The van der Waals surface area contributed by atoms with Crippen molar-refractivity contribution >= 4 is 23.7 Å². The van der Waals surface area contributed by atoms with E-state index in [2.05, 4.69) is 5.32 Å². The number of amides is 3. The summed E-state index contributed by atoms with van der Waals surface area (Å²) >= 11 is 0. The molecule has 0 aromatic heterocycles. The molecule has 2 aliphatic rings. The van der Waals surface area contributed by atoms with Gasteiger partial charge in [0.1, 0.15) is 6.04 Å². The Bertz CT molecular complexity index is 733. The Balaban J connectivity index is 1.51. The molecule has 1 unspecified atom stereocenters. The average molecular weight is 386 g/mol. The van der Waals surface area contributed by atoms with Gasteiger partial charge in [0.25, 0.3) is 17.7 Å². The number of ether oxygens (including phenoxy) is 1. The van der Waals surface area contributed by atoms with Crippen LogP contribution < -0.4 is 5.32 Å². The second kappa shape index (κ2) is 8.99. The van der Waals surface area contributed by atoms with E-state index in [0.29, 0.717) is 0 Å². The maximum Gasteiger partial charge on any atom is 0.329 e. The lowest BCUT2D eigenvalue weighted by molar-refractivity contribution is -0.152. The zero-order valence-electron chi connectivity index (χ0n) is 16.1. The minimum absolute atomic E-state index is 0.111. The average Bonchev–Trinajstić information content (AvgIpc) is 2.92. The molecule has 1 aromatic rings. The lowest BCUT2D eigenvalue weighted by atomic mass is 9.97. The minimum Gasteiger partial charge on any atom is -0.454 e. The van der Waals surface area contributed by atoms with Gasteiger partial charge in [-0.3, -0.25) is 19.3 Å². The number of nitrogens with zero attached hydrogens (tertiary/aromatic N) is 1. The van der Waals surface area contributed by atoms with Crippen LogP contribution in [0.3, 0.4) is 0 Å². The maximum atomic E-state index is 12.4. The van der Waals surface area contributed by atoms with Gasteiger partial charge in [-0.2, -0.15) is 0 Å². The van der Waals surface area contributed by atoms with Gasteiger partial charge in [-0.05, 0) is 31.9 Å². The number of carbonyl (C=O) groups is 4. The van der Waals surface area contributed by atoms with Gasteiger partial charge in [0.05, 0.1) is 11.1 Å². The Morgan fingerprint density at radius 2 is 1.57 bits per heavy atom. The lowest BCUT2D eigenvalue weighted by Gasteiger charge is -2.22. The van der Waals surface area contributed by atoms with Gasteiger partial charge in [0.2, 0.25) is 0 Å². The third-order valence-corrected chi connectivity index (χ3v) is 5.37. The standard InChI is InChI=1S/C21H26N2O5/c1-14(23-19(25)16-11-7-8-12-17(16)20(23)26)21(27)28-13-18(24)22-15-9-5-3-2-4-6-10-15/h7-8,11-12,14-15H,2-6,9-10,13H2,1H3,(H,22,24). The number of fused-ring (bicyclic) bond motifs is 1. The fourth-order valence-corrected chi connectivity index (χ4v) is 3.79. The molecule has 1 heterocycles. The molecule has 1 saturated carbocycles. The lowest BCUT2D eigenvalue weighted by Crippen LogP contribution is -2.45. The predicted molar refractivity (Wildman–Crippen MR) is 102 cm³/mol. The first-order chi connectivity index (χ1) is 13.5. The predicted octanol–water partition coefficient (Wildman–Crippen LogP) is 2.44. The number of hydrogen-bond acceptors (Lipinski definition) is 5. The fourth-order valence-electron chi connectivity index (χ4n) is 3.79. The monoisotopic (exact) mass is 386 g/mol. The van der Waals surface area contributed by atoms with E-state index in [1.165, 1.54) is 26.2 Å². The van der Waals surface area contributed by atoms with Crippen molar-refractivity contribution in [1.82, 2.24) is 10.2 Å². The van der Waals surface area contributed by atoms with Crippen molar-refractivity contribution in [2.24, 2.45) is 0 Å². The summed E-state index contributed by atoms with van der Waals surface area (Å²) in [4.78, 5) is 50.2. The highest BCUT2D eigenvalue weighted by Gasteiger charge is 2.41. The molecule has 1 atom stereocenters. The largest absolute Gasteiger partial charge is 0.454 e. The van der Waals surface area contributed by atoms with Crippen molar-refractivity contribution in [3.63, 3.8) is 0 Å². The van der Waals surface area contributed by atoms with Crippen molar-refractivity contribution in [1.29, 1.82) is 0 Å². The van der Waals surface area contributed by atoms with Crippen LogP contribution >= 0.6 is 0 Å². The molecule has 7 heteroatoms. The van der Waals surface area contributed by atoms with Crippen LogP contribution in [0, 0.1) is 0 Å². The molecular weight excluding hydrogens is 360 g/mol. The summed E-state index contributed by atoms with van der Waals surface area (Å²) in [5, 5.41) is 2.92. The van der Waals surface area contributed by atoms with Crippen LogP contribution in [-0.2, 0) is 14.3 Å². The minimum atomic E-state index is -1.10. The van der Waals surface area contributed by atoms with Crippen LogP contribution in [0.15, 0.2) is 24.3 Å². The molecule has 3 rings (SSSR count). The van der Waals surface area contributed by atoms with Gasteiger partial charge in [0, 0.05) is 6.04 Å². The van der Waals surface area contributed by atoms with Crippen molar-refractivity contribution < 1.29 is 23.9 Å². The highest BCUT2D eigenvalue weighted by Crippen LogP contribution is 2.24. The molecule has 3 amide bonds. The molecule has 1 N–H and O–H groups in total. The Morgan fingerprint density at radius 3 is 2.14 bits per heavy atom. The topological polar surface area (TPSA) is 92.8 Å². The van der Waals surface area contributed by atoms with E-state index in [1.54, 1.807) is 24.3 Å². The first kappa shape index (κ1) is 20.0. The van der Waals surface area contributed by atoms with Gasteiger partial charge < -0.3 is 10.1 Å². The second-order valence-corrected chi connectivity index (χ2v) is 7.42. The number of hydrogen-bond donors (Lipinski definition) is 1. The first-order valence-electron chi connectivity index (χ1n) is 9.92. The number of esters is 1. The van der Waals surface area contributed by atoms with E-state index in [-0.39, 0.29) is 23.1 Å². The summed E-state index contributed by atoms with van der Waals surface area (Å²) in [5.41, 5.74) is 0.545. The SMILES string of the molecule is CC(C(=O)OCC(=O)NC1CCCCCCC1)N1C(=O)c2ccccc2C1=O. The van der Waals surface area contributed by atoms with E-state index >= 15 is 0 Å². The highest BCUT2D eigenvalue weighted by molar-refractivity contribution is 6.22. The third kappa shape index (κ3) is 4.40. The molecule has 7 nitrogen and oxygen atoms in total. The summed E-state index contributed by atoms with van der Waals surface area (Å²) in [6, 6.07) is 5.44. The van der Waals surface area contributed by atoms with Gasteiger partial charge >= 0.3 is 5.97 Å². The third-order valence-electron chi connectivity index (χ3n) is 5.37. The molecular formula is C21H26N2O5. The first-order valence-corrected chi connectivity index (χ1v) is 9.92. The summed E-state index contributed by atoms with van der Waals surface area (Å²) in [6.45, 7) is 1.01. The van der Waals surface area contributed by atoms with Crippen LogP contribution in [0.4, 0.5) is 0 Å². The molecule has 1 aliphatic heterocycles. The van der Waals surface area contributed by atoms with E-state index in [4.69, 9.17) is 4.74 Å². The maximum absolute atomic E-state index is 12.4. The van der Waals surface area contributed by atoms with E-state index in [9.17, 15) is 19.2 Å². The quantitative estimate of drug-likeness (QED) is 0.620. The van der Waals surface area contributed by atoms with Crippen molar-refractivity contribution in [2.75, 3.05) is 6.61 Å². The molecule has 1 aromatic carbocycles. The normalized spacial score (nSPS) is 18.8. The Kier molecular flexibility index (Phi) is 6.44. The van der Waals surface area contributed by atoms with Crippen LogP contribution in [0.1, 0.15) is 72.6 Å². The number of carbonyl (C=O) groups excluding carboxylic acids is 4. The second-order valence-electron chi connectivity index (χ2n) is 7.42. The molecule has 0 spiro atoms. The summed E-state index contributed by atoms with van der Waals surface area (Å²) in [7, 11) is 0. The smallest absolute Gasteiger partial charge is 0.329 e. The molecule has 28 heavy (non-hydrogen) atoms. The van der Waals surface area contributed by atoms with Gasteiger partial charge in [-0.1, -0.05) is 44.2 Å². The summed E-state index contributed by atoms with van der Waals surface area (Å²) in [6.07, 6.45) is 7.64. The Hall–Kier alpha value is -2.70. The Morgan fingerprint density at radius 1 is 1.04 bits per heavy atom. The number of nitrogens with one attached hydrogen (secondary N) is 1. The van der Waals surface area contributed by atoms with Crippen molar-refractivity contribution in [3.05, 3.63) is 35.4 Å². The Labute approximate surface area is 164 Å². The van der Waals surface area contributed by atoms with E-state index in [1.807, 2.05) is 0 Å². The van der Waals surface area contributed by atoms with Gasteiger partial charge in [0.15, 0.2) is 6.61 Å². The van der Waals surface area contributed by atoms with Gasteiger partial charge in [-0.15, -0.1) is 0 Å².